The average molecular weight is 576 g/mol. The van der Waals surface area contributed by atoms with Crippen molar-refractivity contribution < 1.29 is 27.0 Å². The van der Waals surface area contributed by atoms with Crippen LogP contribution in [0.2, 0.25) is 0 Å². The summed E-state index contributed by atoms with van der Waals surface area (Å²) < 4.78 is 49.4. The molecule has 0 amide bonds. The van der Waals surface area contributed by atoms with Crippen molar-refractivity contribution in [2.24, 2.45) is 5.14 Å². The number of nitrogens with zero attached hydrogens (tertiary/aromatic N) is 2. The van der Waals surface area contributed by atoms with Crippen LogP contribution in [0.25, 0.3) is 15.6 Å². The number of aryl methyl sites for hydroxylation is 1. The molecule has 1 saturated heterocycles. The summed E-state index contributed by atoms with van der Waals surface area (Å²) in [4.78, 5) is 6.01. The smallest absolute Gasteiger partial charge is 0.237 e. The zero-order valence-corrected chi connectivity index (χ0v) is 23.3. The molecule has 5 rings (SSSR count). The number of aromatic nitrogens is 2. The molecule has 1 aromatic carbocycles. The first-order chi connectivity index (χ1) is 18.3. The van der Waals surface area contributed by atoms with Gasteiger partial charge in [0.05, 0.1) is 31.3 Å². The first-order valence-corrected chi connectivity index (χ1v) is 15.2. The second kappa shape index (κ2) is 11.6. The minimum atomic E-state index is -3.66. The number of hydrogen-bond acceptors (Lipinski definition) is 9. The number of oxazole rings is 1. The summed E-state index contributed by atoms with van der Waals surface area (Å²) in [5.41, 5.74) is 2.63. The Hall–Kier alpha value is -2.61. The van der Waals surface area contributed by atoms with Gasteiger partial charge in [-0.1, -0.05) is 30.4 Å². The third-order valence-corrected chi connectivity index (χ3v) is 8.89. The van der Waals surface area contributed by atoms with E-state index >= 15 is 0 Å². The zero-order chi connectivity index (χ0) is 26.7. The number of pyridine rings is 1. The lowest BCUT2D eigenvalue weighted by Crippen LogP contribution is -2.26. The Morgan fingerprint density at radius 3 is 2.76 bits per heavy atom. The van der Waals surface area contributed by atoms with Crippen molar-refractivity contribution in [2.75, 3.05) is 26.1 Å². The highest BCUT2D eigenvalue weighted by molar-refractivity contribution is 7.89. The van der Waals surface area contributed by atoms with E-state index in [9.17, 15) is 8.42 Å². The summed E-state index contributed by atoms with van der Waals surface area (Å²) >= 11 is 7.29. The van der Waals surface area contributed by atoms with E-state index in [0.717, 1.165) is 45.0 Å². The third-order valence-electron chi connectivity index (χ3n) is 6.50. The number of hydrogen-bond donors (Lipinski definition) is 1. The van der Waals surface area contributed by atoms with Gasteiger partial charge in [0.25, 0.3) is 0 Å². The largest absolute Gasteiger partial charge is 0.496 e. The minimum Gasteiger partial charge on any atom is -0.496 e. The number of para-hydroxylation sites is 1. The van der Waals surface area contributed by atoms with Crippen LogP contribution in [0.3, 0.4) is 0 Å². The molecule has 0 unspecified atom stereocenters. The highest BCUT2D eigenvalue weighted by atomic mass is 32.2. The highest BCUT2D eigenvalue weighted by Gasteiger charge is 2.26. The molecule has 12 heteroatoms. The molecule has 1 fully saturated rings. The van der Waals surface area contributed by atoms with Gasteiger partial charge in [0, 0.05) is 31.4 Å². The molecular formula is C26H29N3O6S3. The van der Waals surface area contributed by atoms with Gasteiger partial charge in [0.1, 0.15) is 26.4 Å². The molecule has 0 radical (unpaired) electrons. The van der Waals surface area contributed by atoms with E-state index in [0.29, 0.717) is 30.2 Å². The summed E-state index contributed by atoms with van der Waals surface area (Å²) in [7, 11) is -2.01. The number of fused-ring (bicyclic) bond motifs is 1. The van der Waals surface area contributed by atoms with Crippen molar-refractivity contribution in [3.05, 3.63) is 70.3 Å². The summed E-state index contributed by atoms with van der Waals surface area (Å²) in [5.74, 6) is 1.03. The SMILES string of the molecule is COc1ccccc1[C@H](Cc1cc(CCS(N)(=O)=O)c(=S)n2cc(-c3ncco3)sc12)OC1CCOCC1. The molecule has 1 aliphatic heterocycles. The molecule has 38 heavy (non-hydrogen) atoms. The maximum Gasteiger partial charge on any atom is 0.237 e. The normalized spacial score (nSPS) is 15.6. The Kier molecular flexibility index (Phi) is 8.26. The van der Waals surface area contributed by atoms with Crippen molar-refractivity contribution in [1.82, 2.24) is 9.38 Å². The van der Waals surface area contributed by atoms with Gasteiger partial charge >= 0.3 is 0 Å². The summed E-state index contributed by atoms with van der Waals surface area (Å²) in [5, 5.41) is 5.31. The summed E-state index contributed by atoms with van der Waals surface area (Å²) in [6.45, 7) is 1.33. The van der Waals surface area contributed by atoms with E-state index in [1.807, 2.05) is 40.9 Å². The van der Waals surface area contributed by atoms with Crippen LogP contribution in [0.5, 0.6) is 5.75 Å². The van der Waals surface area contributed by atoms with Crippen LogP contribution in [0.15, 0.2) is 53.4 Å². The maximum atomic E-state index is 11.8. The molecule has 4 aromatic rings. The van der Waals surface area contributed by atoms with Crippen molar-refractivity contribution >= 4 is 38.4 Å². The highest BCUT2D eigenvalue weighted by Crippen LogP contribution is 2.37. The molecule has 2 N–H and O–H groups in total. The predicted octanol–water partition coefficient (Wildman–Crippen LogP) is 4.70. The Morgan fingerprint density at radius 2 is 2.05 bits per heavy atom. The van der Waals surface area contributed by atoms with Crippen LogP contribution in [0.4, 0.5) is 0 Å². The monoisotopic (exact) mass is 575 g/mol. The topological polar surface area (TPSA) is 118 Å². The lowest BCUT2D eigenvalue weighted by atomic mass is 9.99. The van der Waals surface area contributed by atoms with E-state index in [2.05, 4.69) is 4.98 Å². The molecule has 3 aromatic heterocycles. The molecule has 1 atom stereocenters. The lowest BCUT2D eigenvalue weighted by molar-refractivity contribution is -0.0699. The summed E-state index contributed by atoms with van der Waals surface area (Å²) in [6.07, 6.45) is 7.09. The maximum absolute atomic E-state index is 11.8. The van der Waals surface area contributed by atoms with E-state index in [1.165, 1.54) is 17.6 Å². The molecule has 202 valence electrons. The molecule has 0 spiro atoms. The number of rotatable bonds is 10. The number of benzene rings is 1. The Morgan fingerprint density at radius 1 is 1.26 bits per heavy atom. The van der Waals surface area contributed by atoms with E-state index in [1.54, 1.807) is 13.3 Å². The van der Waals surface area contributed by atoms with Gasteiger partial charge in [0.15, 0.2) is 0 Å². The summed E-state index contributed by atoms with van der Waals surface area (Å²) in [6, 6.07) is 9.83. The lowest BCUT2D eigenvalue weighted by Gasteiger charge is -2.29. The van der Waals surface area contributed by atoms with Gasteiger partial charge in [-0.2, -0.15) is 0 Å². The third kappa shape index (κ3) is 6.16. The van der Waals surface area contributed by atoms with Crippen molar-refractivity contribution in [3.63, 3.8) is 0 Å². The second-order valence-electron chi connectivity index (χ2n) is 9.11. The fraction of sp³-hybridized carbons (Fsp3) is 0.385. The zero-order valence-electron chi connectivity index (χ0n) is 20.9. The van der Waals surface area contributed by atoms with Crippen LogP contribution in [0.1, 0.15) is 35.6 Å². The first-order valence-electron chi connectivity index (χ1n) is 12.3. The molecule has 0 bridgehead atoms. The molecule has 4 heterocycles. The van der Waals surface area contributed by atoms with Gasteiger partial charge in [-0.25, -0.2) is 18.5 Å². The molecule has 9 nitrogen and oxygen atoms in total. The van der Waals surface area contributed by atoms with E-state index < -0.39 is 10.0 Å². The molecule has 0 aliphatic carbocycles. The predicted molar refractivity (Wildman–Crippen MR) is 148 cm³/mol. The van der Waals surface area contributed by atoms with Crippen molar-refractivity contribution in [3.8, 4) is 16.5 Å². The van der Waals surface area contributed by atoms with Crippen LogP contribution in [-0.2, 0) is 32.3 Å². The van der Waals surface area contributed by atoms with Crippen LogP contribution < -0.4 is 9.88 Å². The number of thiazole rings is 1. The molecular weight excluding hydrogens is 547 g/mol. The minimum absolute atomic E-state index is 0.0492. The quantitative estimate of drug-likeness (QED) is 0.270. The number of ether oxygens (including phenoxy) is 3. The van der Waals surface area contributed by atoms with Crippen molar-refractivity contribution in [2.45, 2.75) is 37.9 Å². The Bertz CT molecular complexity index is 1560. The van der Waals surface area contributed by atoms with Gasteiger partial charge in [-0.15, -0.1) is 11.3 Å². The van der Waals surface area contributed by atoms with Crippen LogP contribution in [-0.4, -0.2) is 50.0 Å². The Labute approximate surface area is 230 Å². The fourth-order valence-electron chi connectivity index (χ4n) is 4.64. The van der Waals surface area contributed by atoms with Gasteiger partial charge in [-0.05, 0) is 42.5 Å². The van der Waals surface area contributed by atoms with E-state index in [-0.39, 0.29) is 24.4 Å². The van der Waals surface area contributed by atoms with Gasteiger partial charge < -0.3 is 18.6 Å². The first kappa shape index (κ1) is 27.0. The van der Waals surface area contributed by atoms with Crippen LogP contribution >= 0.6 is 23.6 Å². The molecule has 1 aliphatic rings. The Balaban J connectivity index is 1.60. The fourth-order valence-corrected chi connectivity index (χ4v) is 6.58. The number of methoxy groups -OCH3 is 1. The molecule has 0 saturated carbocycles. The van der Waals surface area contributed by atoms with Crippen molar-refractivity contribution in [1.29, 1.82) is 0 Å². The number of nitrogens with two attached hydrogens (primary N) is 1. The second-order valence-corrected chi connectivity index (χ2v) is 12.3. The van der Waals surface area contributed by atoms with Gasteiger partial charge in [-0.3, -0.25) is 4.40 Å². The van der Waals surface area contributed by atoms with Crippen LogP contribution in [0, 0.1) is 4.64 Å². The van der Waals surface area contributed by atoms with E-state index in [4.69, 9.17) is 36.0 Å². The standard InChI is InChI=1S/C26H29N3O6S3/c1-32-21-5-3-2-4-20(21)22(35-19-6-10-33-11-7-19)15-18-14-17(8-13-38(27,30)31)25(36)29-16-23(37-26(18)29)24-28-9-12-34-24/h2-5,9,12,14,16,19,22H,6-8,10-11,13,15H2,1H3,(H2,27,30,31)/t22-/m0/s1. The van der Waals surface area contributed by atoms with Gasteiger partial charge in [0.2, 0.25) is 15.9 Å². The average Bonchev–Trinajstić information content (AvgIpc) is 3.60. The number of primary sulfonamides is 1. The number of sulfonamides is 1.